The smallest absolute Gasteiger partial charge is 0.125 e. The molecule has 1 atom stereocenters. The van der Waals surface area contributed by atoms with E-state index in [1.165, 1.54) is 25.7 Å². The fourth-order valence-electron chi connectivity index (χ4n) is 2.83. The van der Waals surface area contributed by atoms with Gasteiger partial charge in [0.1, 0.15) is 5.82 Å². The summed E-state index contributed by atoms with van der Waals surface area (Å²) in [4.78, 5) is 2.37. The van der Waals surface area contributed by atoms with Gasteiger partial charge in [-0.25, -0.2) is 4.39 Å². The highest BCUT2D eigenvalue weighted by molar-refractivity contribution is 5.50. The van der Waals surface area contributed by atoms with Gasteiger partial charge in [0.05, 0.1) is 0 Å². The van der Waals surface area contributed by atoms with E-state index in [-0.39, 0.29) is 5.82 Å². The van der Waals surface area contributed by atoms with Gasteiger partial charge in [0.25, 0.3) is 0 Å². The number of nitrogens with zero attached hydrogens (tertiary/aromatic N) is 1. The monoisotopic (exact) mass is 264 g/mol. The summed E-state index contributed by atoms with van der Waals surface area (Å²) in [6, 6.07) is 5.95. The number of hydrogen-bond donors (Lipinski definition) is 1. The van der Waals surface area contributed by atoms with Crippen molar-refractivity contribution in [2.24, 2.45) is 0 Å². The molecule has 3 heteroatoms. The minimum atomic E-state index is -0.123. The molecular formula is C16H25FN2. The molecule has 1 saturated heterocycles. The normalized spacial score (nSPS) is 20.4. The second-order valence-electron chi connectivity index (χ2n) is 5.49. The first-order valence-electron chi connectivity index (χ1n) is 7.47. The zero-order valence-corrected chi connectivity index (χ0v) is 12.1. The molecule has 1 heterocycles. The summed E-state index contributed by atoms with van der Waals surface area (Å²) in [6.07, 6.45) is 5.00. The van der Waals surface area contributed by atoms with Gasteiger partial charge in [0, 0.05) is 24.8 Å². The van der Waals surface area contributed by atoms with E-state index in [9.17, 15) is 4.39 Å². The van der Waals surface area contributed by atoms with Crippen LogP contribution in [-0.4, -0.2) is 19.1 Å². The van der Waals surface area contributed by atoms with Crippen LogP contribution in [0.25, 0.3) is 0 Å². The van der Waals surface area contributed by atoms with Crippen molar-refractivity contribution in [2.45, 2.75) is 52.1 Å². The van der Waals surface area contributed by atoms with Crippen molar-refractivity contribution in [3.63, 3.8) is 0 Å². The van der Waals surface area contributed by atoms with Crippen LogP contribution in [0.2, 0.25) is 0 Å². The molecule has 0 aromatic heterocycles. The maximum Gasteiger partial charge on any atom is 0.125 e. The van der Waals surface area contributed by atoms with Gasteiger partial charge in [0.15, 0.2) is 0 Å². The van der Waals surface area contributed by atoms with Crippen LogP contribution in [0.15, 0.2) is 18.2 Å². The Labute approximate surface area is 116 Å². The first-order valence-corrected chi connectivity index (χ1v) is 7.47. The third kappa shape index (κ3) is 3.93. The Balaban J connectivity index is 2.19. The number of nitrogens with one attached hydrogen (secondary N) is 1. The zero-order valence-electron chi connectivity index (χ0n) is 12.1. The van der Waals surface area contributed by atoms with Crippen LogP contribution in [0.4, 0.5) is 10.1 Å². The predicted octanol–water partition coefficient (Wildman–Crippen LogP) is 3.70. The third-order valence-electron chi connectivity index (χ3n) is 3.91. The molecule has 0 amide bonds. The summed E-state index contributed by atoms with van der Waals surface area (Å²) >= 11 is 0. The maximum absolute atomic E-state index is 13.8. The van der Waals surface area contributed by atoms with Crippen LogP contribution in [0.3, 0.4) is 0 Å². The van der Waals surface area contributed by atoms with Crippen molar-refractivity contribution in [3.8, 4) is 0 Å². The van der Waals surface area contributed by atoms with Gasteiger partial charge in [0.2, 0.25) is 0 Å². The van der Waals surface area contributed by atoms with E-state index in [0.717, 1.165) is 30.9 Å². The first-order chi connectivity index (χ1) is 9.20. The van der Waals surface area contributed by atoms with Crippen molar-refractivity contribution in [1.29, 1.82) is 0 Å². The molecule has 1 aromatic rings. The van der Waals surface area contributed by atoms with E-state index in [1.54, 1.807) is 12.1 Å². The Bertz CT molecular complexity index is 406. The Morgan fingerprint density at radius 3 is 2.89 bits per heavy atom. The molecule has 1 aromatic carbocycles. The molecule has 1 unspecified atom stereocenters. The summed E-state index contributed by atoms with van der Waals surface area (Å²) in [7, 11) is 0. The molecule has 2 rings (SSSR count). The predicted molar refractivity (Wildman–Crippen MR) is 79.1 cm³/mol. The van der Waals surface area contributed by atoms with Gasteiger partial charge in [-0.3, -0.25) is 0 Å². The molecule has 19 heavy (non-hydrogen) atoms. The first kappa shape index (κ1) is 14.3. The quantitative estimate of drug-likeness (QED) is 0.892. The van der Waals surface area contributed by atoms with E-state index in [0.29, 0.717) is 6.04 Å². The average Bonchev–Trinajstić information content (AvgIpc) is 2.60. The fraction of sp³-hybridized carbons (Fsp3) is 0.625. The van der Waals surface area contributed by atoms with Gasteiger partial charge >= 0.3 is 0 Å². The molecule has 0 radical (unpaired) electrons. The highest BCUT2D eigenvalue weighted by Crippen LogP contribution is 2.26. The highest BCUT2D eigenvalue weighted by atomic mass is 19.1. The van der Waals surface area contributed by atoms with Gasteiger partial charge in [-0.1, -0.05) is 19.8 Å². The molecule has 0 saturated carbocycles. The van der Waals surface area contributed by atoms with Crippen molar-refractivity contribution >= 4 is 5.69 Å². The molecule has 1 aliphatic rings. The summed E-state index contributed by atoms with van der Waals surface area (Å²) in [6.45, 7) is 7.01. The Morgan fingerprint density at radius 1 is 1.26 bits per heavy atom. The van der Waals surface area contributed by atoms with Crippen molar-refractivity contribution in [2.75, 3.05) is 18.0 Å². The SMILES string of the molecule is CCNCc1cc(F)cc(N2CCCCCC2C)c1. The number of benzene rings is 1. The summed E-state index contributed by atoms with van der Waals surface area (Å²) in [5.74, 6) is -0.123. The maximum atomic E-state index is 13.8. The van der Waals surface area contributed by atoms with Gasteiger partial charge in [-0.2, -0.15) is 0 Å². The molecule has 0 spiro atoms. The van der Waals surface area contributed by atoms with Crippen LogP contribution >= 0.6 is 0 Å². The van der Waals surface area contributed by atoms with Gasteiger partial charge in [-0.15, -0.1) is 0 Å². The van der Waals surface area contributed by atoms with Crippen molar-refractivity contribution < 1.29 is 4.39 Å². The molecule has 1 N–H and O–H groups in total. The number of hydrogen-bond acceptors (Lipinski definition) is 2. The van der Waals surface area contributed by atoms with Crippen LogP contribution < -0.4 is 10.2 Å². The Hall–Kier alpha value is -1.09. The molecule has 0 aliphatic carbocycles. The molecule has 2 nitrogen and oxygen atoms in total. The van der Waals surface area contributed by atoms with Crippen molar-refractivity contribution in [1.82, 2.24) is 5.32 Å². The van der Waals surface area contributed by atoms with E-state index in [4.69, 9.17) is 0 Å². The zero-order chi connectivity index (χ0) is 13.7. The van der Waals surface area contributed by atoms with E-state index in [2.05, 4.69) is 30.1 Å². The van der Waals surface area contributed by atoms with Crippen molar-refractivity contribution in [3.05, 3.63) is 29.6 Å². The van der Waals surface area contributed by atoms with E-state index in [1.807, 2.05) is 0 Å². The lowest BCUT2D eigenvalue weighted by molar-refractivity contribution is 0.602. The number of anilines is 1. The van der Waals surface area contributed by atoms with Gasteiger partial charge < -0.3 is 10.2 Å². The van der Waals surface area contributed by atoms with E-state index >= 15 is 0 Å². The lowest BCUT2D eigenvalue weighted by Crippen LogP contribution is -2.32. The minimum Gasteiger partial charge on any atom is -0.369 e. The lowest BCUT2D eigenvalue weighted by atomic mass is 10.1. The molecule has 1 aliphatic heterocycles. The van der Waals surface area contributed by atoms with E-state index < -0.39 is 0 Å². The largest absolute Gasteiger partial charge is 0.369 e. The topological polar surface area (TPSA) is 15.3 Å². The molecular weight excluding hydrogens is 239 g/mol. The van der Waals surface area contributed by atoms with Crippen LogP contribution in [0, 0.1) is 5.82 Å². The molecule has 0 bridgehead atoms. The van der Waals surface area contributed by atoms with Crippen LogP contribution in [-0.2, 0) is 6.54 Å². The Kier molecular flexibility index (Phi) is 5.20. The minimum absolute atomic E-state index is 0.123. The molecule has 1 fully saturated rings. The lowest BCUT2D eigenvalue weighted by Gasteiger charge is -2.30. The highest BCUT2D eigenvalue weighted by Gasteiger charge is 2.18. The standard InChI is InChI=1S/C16H25FN2/c1-3-18-12-14-9-15(17)11-16(10-14)19-8-6-4-5-7-13(19)2/h9-11,13,18H,3-8,12H2,1-2H3. The average molecular weight is 264 g/mol. The van der Waals surface area contributed by atoms with Gasteiger partial charge in [-0.05, 0) is 50.1 Å². The summed E-state index contributed by atoms with van der Waals surface area (Å²) in [5, 5.41) is 3.26. The number of halogens is 1. The number of rotatable bonds is 4. The summed E-state index contributed by atoms with van der Waals surface area (Å²) in [5.41, 5.74) is 2.08. The summed E-state index contributed by atoms with van der Waals surface area (Å²) < 4.78 is 13.8. The van der Waals surface area contributed by atoms with Crippen LogP contribution in [0.1, 0.15) is 45.1 Å². The second-order valence-corrected chi connectivity index (χ2v) is 5.49. The third-order valence-corrected chi connectivity index (χ3v) is 3.91. The van der Waals surface area contributed by atoms with Crippen LogP contribution in [0.5, 0.6) is 0 Å². The molecule has 106 valence electrons. The second kappa shape index (κ2) is 6.90. The fourth-order valence-corrected chi connectivity index (χ4v) is 2.83. The Morgan fingerprint density at radius 2 is 2.11 bits per heavy atom.